The van der Waals surface area contributed by atoms with Crippen LogP contribution < -0.4 is 0 Å². The highest BCUT2D eigenvalue weighted by Crippen LogP contribution is 2.27. The predicted octanol–water partition coefficient (Wildman–Crippen LogP) is 2.97. The van der Waals surface area contributed by atoms with Crippen LogP contribution in [-0.4, -0.2) is 9.85 Å². The van der Waals surface area contributed by atoms with Crippen molar-refractivity contribution in [3.05, 3.63) is 55.8 Å². The van der Waals surface area contributed by atoms with Crippen LogP contribution in [0.1, 0.15) is 30.9 Å². The maximum Gasteiger partial charge on any atom is 0.273 e. The summed E-state index contributed by atoms with van der Waals surface area (Å²) >= 11 is 0. The van der Waals surface area contributed by atoms with Crippen molar-refractivity contribution in [1.82, 2.24) is 0 Å². The number of hydrogen-bond acceptors (Lipinski definition) is 4. The van der Waals surface area contributed by atoms with E-state index < -0.39 is 9.85 Å². The van der Waals surface area contributed by atoms with Crippen LogP contribution in [0.15, 0.2) is 24.4 Å². The van der Waals surface area contributed by atoms with E-state index in [-0.39, 0.29) is 11.6 Å². The molecule has 0 aliphatic heterocycles. The van der Waals surface area contributed by atoms with Crippen LogP contribution in [0.2, 0.25) is 0 Å². The molecule has 17 heavy (non-hydrogen) atoms. The predicted molar refractivity (Wildman–Crippen MR) is 63.2 cm³/mol. The van der Waals surface area contributed by atoms with Crippen LogP contribution in [0, 0.1) is 20.2 Å². The van der Waals surface area contributed by atoms with Crippen molar-refractivity contribution >= 4 is 11.8 Å². The van der Waals surface area contributed by atoms with E-state index in [4.69, 9.17) is 0 Å². The maximum atomic E-state index is 10.9. The quantitative estimate of drug-likeness (QED) is 0.594. The summed E-state index contributed by atoms with van der Waals surface area (Å²) in [7, 11) is 0. The highest BCUT2D eigenvalue weighted by Gasteiger charge is 2.16. The number of nitro benzene ring substituents is 1. The zero-order chi connectivity index (χ0) is 13.0. The molecule has 0 heterocycles. The molecule has 0 bridgehead atoms. The third-order valence-corrected chi connectivity index (χ3v) is 2.26. The van der Waals surface area contributed by atoms with Gasteiger partial charge in [0.05, 0.1) is 9.85 Å². The fraction of sp³-hybridized carbons (Fsp3) is 0.273. The Labute approximate surface area is 97.9 Å². The molecule has 0 radical (unpaired) electrons. The topological polar surface area (TPSA) is 86.3 Å². The van der Waals surface area contributed by atoms with Crippen molar-refractivity contribution in [2.45, 2.75) is 19.8 Å². The van der Waals surface area contributed by atoms with Gasteiger partial charge in [-0.25, -0.2) is 0 Å². The minimum Gasteiger partial charge on any atom is -0.259 e. The fourth-order valence-corrected chi connectivity index (χ4v) is 1.46. The van der Waals surface area contributed by atoms with Crippen LogP contribution in [0.4, 0.5) is 5.69 Å². The van der Waals surface area contributed by atoms with E-state index in [0.29, 0.717) is 11.1 Å². The number of benzene rings is 1. The number of nitro groups is 2. The summed E-state index contributed by atoms with van der Waals surface area (Å²) in [5.74, 6) is 0.0314. The van der Waals surface area contributed by atoms with Crippen LogP contribution >= 0.6 is 0 Å². The number of hydrogen-bond donors (Lipinski definition) is 0. The van der Waals surface area contributed by atoms with Gasteiger partial charge in [0.15, 0.2) is 0 Å². The van der Waals surface area contributed by atoms with E-state index in [1.165, 1.54) is 12.1 Å². The van der Waals surface area contributed by atoms with Gasteiger partial charge in [-0.3, -0.25) is 20.2 Å². The van der Waals surface area contributed by atoms with E-state index in [1.807, 2.05) is 13.8 Å². The molecular formula is C11H12N2O4. The molecule has 0 N–H and O–H groups in total. The summed E-state index contributed by atoms with van der Waals surface area (Å²) < 4.78 is 0. The molecular weight excluding hydrogens is 224 g/mol. The average molecular weight is 236 g/mol. The Morgan fingerprint density at radius 2 is 1.88 bits per heavy atom. The van der Waals surface area contributed by atoms with Gasteiger partial charge in [-0.05, 0) is 11.5 Å². The molecule has 0 aromatic heterocycles. The van der Waals surface area contributed by atoms with Gasteiger partial charge in [-0.2, -0.15) is 0 Å². The van der Waals surface area contributed by atoms with E-state index in [1.54, 1.807) is 12.1 Å². The molecule has 1 aromatic rings. The second-order valence-electron chi connectivity index (χ2n) is 3.83. The summed E-state index contributed by atoms with van der Waals surface area (Å²) in [6.45, 7) is 3.71. The lowest BCUT2D eigenvalue weighted by Crippen LogP contribution is -1.97. The number of rotatable bonds is 4. The van der Waals surface area contributed by atoms with Crippen LogP contribution in [0.5, 0.6) is 0 Å². The molecule has 0 spiro atoms. The van der Waals surface area contributed by atoms with Gasteiger partial charge in [0.2, 0.25) is 6.20 Å². The van der Waals surface area contributed by atoms with Gasteiger partial charge < -0.3 is 0 Å². The van der Waals surface area contributed by atoms with Crippen molar-refractivity contribution < 1.29 is 9.85 Å². The van der Waals surface area contributed by atoms with Crippen molar-refractivity contribution in [2.24, 2.45) is 0 Å². The van der Waals surface area contributed by atoms with Gasteiger partial charge in [0.25, 0.3) is 5.69 Å². The number of nitrogens with zero attached hydrogens (tertiary/aromatic N) is 2. The molecule has 90 valence electrons. The lowest BCUT2D eigenvalue weighted by Gasteiger charge is -2.06. The van der Waals surface area contributed by atoms with Gasteiger partial charge in [0.1, 0.15) is 0 Å². The van der Waals surface area contributed by atoms with Gasteiger partial charge in [-0.15, -0.1) is 0 Å². The zero-order valence-corrected chi connectivity index (χ0v) is 9.49. The summed E-state index contributed by atoms with van der Waals surface area (Å²) in [6.07, 6.45) is 1.99. The molecule has 0 unspecified atom stereocenters. The SMILES string of the molecule is CC(C)c1ccc(C=C[N+](=O)[O-])cc1[N+](=O)[O-]. The first-order valence-corrected chi connectivity index (χ1v) is 5.02. The Morgan fingerprint density at radius 3 is 2.35 bits per heavy atom. The highest BCUT2D eigenvalue weighted by atomic mass is 16.6. The Kier molecular flexibility index (Phi) is 3.92. The minimum atomic E-state index is -0.609. The van der Waals surface area contributed by atoms with Crippen LogP contribution in [-0.2, 0) is 0 Å². The molecule has 6 heteroatoms. The average Bonchev–Trinajstić information content (AvgIpc) is 2.25. The first-order chi connectivity index (χ1) is 7.91. The monoisotopic (exact) mass is 236 g/mol. The molecule has 0 saturated carbocycles. The Balaban J connectivity index is 3.19. The minimum absolute atomic E-state index is 0.00880. The zero-order valence-electron chi connectivity index (χ0n) is 9.49. The lowest BCUT2D eigenvalue weighted by atomic mass is 9.99. The lowest BCUT2D eigenvalue weighted by molar-refractivity contribution is -0.400. The Hall–Kier alpha value is -2.24. The standard InChI is InChI=1S/C11H12N2O4/c1-8(2)10-4-3-9(5-6-12(14)15)7-11(10)13(16)17/h3-8H,1-2H3. The first-order valence-electron chi connectivity index (χ1n) is 5.02. The summed E-state index contributed by atoms with van der Waals surface area (Å²) in [5.41, 5.74) is 1.05. The van der Waals surface area contributed by atoms with Gasteiger partial charge in [0, 0.05) is 17.7 Å². The molecule has 0 aliphatic rings. The van der Waals surface area contributed by atoms with Gasteiger partial charge in [-0.1, -0.05) is 26.0 Å². The molecule has 0 amide bonds. The Bertz CT molecular complexity index is 480. The third-order valence-electron chi connectivity index (χ3n) is 2.26. The molecule has 0 saturated heterocycles. The largest absolute Gasteiger partial charge is 0.273 e. The van der Waals surface area contributed by atoms with Crippen LogP contribution in [0.25, 0.3) is 6.08 Å². The van der Waals surface area contributed by atoms with Crippen LogP contribution in [0.3, 0.4) is 0 Å². The Morgan fingerprint density at radius 1 is 1.24 bits per heavy atom. The highest BCUT2D eigenvalue weighted by molar-refractivity contribution is 5.56. The van der Waals surface area contributed by atoms with Crippen molar-refractivity contribution in [2.75, 3.05) is 0 Å². The molecule has 0 atom stereocenters. The summed E-state index contributed by atoms with van der Waals surface area (Å²) in [4.78, 5) is 19.9. The van der Waals surface area contributed by atoms with Gasteiger partial charge >= 0.3 is 0 Å². The van der Waals surface area contributed by atoms with E-state index >= 15 is 0 Å². The summed E-state index contributed by atoms with van der Waals surface area (Å²) in [5, 5.41) is 21.0. The normalized spacial score (nSPS) is 11.0. The van der Waals surface area contributed by atoms with Crippen molar-refractivity contribution in [3.63, 3.8) is 0 Å². The second kappa shape index (κ2) is 5.20. The summed E-state index contributed by atoms with van der Waals surface area (Å²) in [6, 6.07) is 4.60. The van der Waals surface area contributed by atoms with Crippen molar-refractivity contribution in [3.8, 4) is 0 Å². The van der Waals surface area contributed by atoms with E-state index in [2.05, 4.69) is 0 Å². The second-order valence-corrected chi connectivity index (χ2v) is 3.83. The molecule has 0 fully saturated rings. The molecule has 1 aromatic carbocycles. The van der Waals surface area contributed by atoms with E-state index in [0.717, 1.165) is 6.20 Å². The van der Waals surface area contributed by atoms with E-state index in [9.17, 15) is 20.2 Å². The smallest absolute Gasteiger partial charge is 0.259 e. The molecule has 6 nitrogen and oxygen atoms in total. The van der Waals surface area contributed by atoms with Crippen molar-refractivity contribution in [1.29, 1.82) is 0 Å². The first kappa shape index (κ1) is 12.8. The fourth-order valence-electron chi connectivity index (χ4n) is 1.46. The molecule has 1 rings (SSSR count). The third kappa shape index (κ3) is 3.37. The molecule has 0 aliphatic carbocycles. The maximum absolute atomic E-state index is 10.9.